The van der Waals surface area contributed by atoms with E-state index in [0.29, 0.717) is 39.1 Å². The van der Waals surface area contributed by atoms with Gasteiger partial charge in [0.05, 0.1) is 0 Å². The van der Waals surface area contributed by atoms with Crippen LogP contribution in [0.2, 0.25) is 0 Å². The van der Waals surface area contributed by atoms with Crippen LogP contribution >= 0.6 is 0 Å². The summed E-state index contributed by atoms with van der Waals surface area (Å²) in [6.45, 7) is 7.71. The van der Waals surface area contributed by atoms with Gasteiger partial charge in [0, 0.05) is 52.6 Å². The lowest BCUT2D eigenvalue weighted by molar-refractivity contribution is -0.138. The van der Waals surface area contributed by atoms with Gasteiger partial charge in [0.2, 0.25) is 11.8 Å². The van der Waals surface area contributed by atoms with Crippen LogP contribution in [-0.2, 0) is 16.1 Å². The summed E-state index contributed by atoms with van der Waals surface area (Å²) in [5.41, 5.74) is 2.48. The lowest BCUT2D eigenvalue weighted by Crippen LogP contribution is -2.50. The maximum atomic E-state index is 12.1. The average molecular weight is 303 g/mol. The molecule has 1 aliphatic rings. The van der Waals surface area contributed by atoms with Crippen molar-refractivity contribution in [3.63, 3.8) is 0 Å². The normalized spacial score (nSPS) is 15.0. The summed E-state index contributed by atoms with van der Waals surface area (Å²) in [6, 6.07) is 8.39. The number of nitrogens with one attached hydrogen (secondary N) is 1. The summed E-state index contributed by atoms with van der Waals surface area (Å²) in [5.74, 6) is 0.256. The molecule has 0 saturated carbocycles. The fourth-order valence-corrected chi connectivity index (χ4v) is 2.56. The molecule has 1 aromatic carbocycles. The van der Waals surface area contributed by atoms with Gasteiger partial charge in [-0.3, -0.25) is 9.59 Å². The predicted octanol–water partition coefficient (Wildman–Crippen LogP) is 1.17. The number of carbonyl (C=O) groups is 2. The van der Waals surface area contributed by atoms with Crippen LogP contribution in [0.1, 0.15) is 24.5 Å². The predicted molar refractivity (Wildman–Crippen MR) is 86.3 cm³/mol. The summed E-state index contributed by atoms with van der Waals surface area (Å²) in [4.78, 5) is 27.0. The van der Waals surface area contributed by atoms with Crippen LogP contribution < -0.4 is 5.32 Å². The second-order valence-electron chi connectivity index (χ2n) is 5.80. The summed E-state index contributed by atoms with van der Waals surface area (Å²) in [5, 5.41) is 3.31. The maximum Gasteiger partial charge on any atom is 0.223 e. The zero-order valence-corrected chi connectivity index (χ0v) is 13.5. The van der Waals surface area contributed by atoms with Crippen LogP contribution in [-0.4, -0.2) is 54.3 Å². The van der Waals surface area contributed by atoms with Gasteiger partial charge < -0.3 is 15.1 Å². The Kier molecular flexibility index (Phi) is 5.95. The monoisotopic (exact) mass is 303 g/mol. The minimum atomic E-state index is 0.0897. The second kappa shape index (κ2) is 7.94. The molecule has 1 fully saturated rings. The number of carbonyl (C=O) groups excluding carboxylic acids is 2. The minimum absolute atomic E-state index is 0.0897. The lowest BCUT2D eigenvalue weighted by Gasteiger charge is -2.34. The number of hydrogen-bond donors (Lipinski definition) is 1. The second-order valence-corrected chi connectivity index (χ2v) is 5.80. The van der Waals surface area contributed by atoms with Gasteiger partial charge in [-0.15, -0.1) is 0 Å². The van der Waals surface area contributed by atoms with Crippen molar-refractivity contribution in [3.8, 4) is 0 Å². The Morgan fingerprint density at radius 3 is 2.23 bits per heavy atom. The van der Waals surface area contributed by atoms with Crippen molar-refractivity contribution in [2.24, 2.45) is 0 Å². The summed E-state index contributed by atoms with van der Waals surface area (Å²) in [6.07, 6.45) is 0.506. The van der Waals surface area contributed by atoms with Gasteiger partial charge in [-0.2, -0.15) is 0 Å². The van der Waals surface area contributed by atoms with Gasteiger partial charge in [-0.25, -0.2) is 0 Å². The Morgan fingerprint density at radius 2 is 1.64 bits per heavy atom. The first-order valence-electron chi connectivity index (χ1n) is 7.86. The first-order valence-corrected chi connectivity index (χ1v) is 7.86. The number of amides is 2. The third-order valence-electron chi connectivity index (χ3n) is 4.04. The van der Waals surface area contributed by atoms with Gasteiger partial charge in [-0.1, -0.05) is 29.8 Å². The highest BCUT2D eigenvalue weighted by Gasteiger charge is 2.21. The van der Waals surface area contributed by atoms with Gasteiger partial charge in [-0.05, 0) is 12.5 Å². The zero-order chi connectivity index (χ0) is 15.9. The number of rotatable bonds is 5. The van der Waals surface area contributed by atoms with E-state index in [1.165, 1.54) is 11.1 Å². The third kappa shape index (κ3) is 4.84. The molecule has 120 valence electrons. The molecule has 0 aliphatic carbocycles. The van der Waals surface area contributed by atoms with Gasteiger partial charge in [0.15, 0.2) is 0 Å². The third-order valence-corrected chi connectivity index (χ3v) is 4.04. The molecular weight excluding hydrogens is 278 g/mol. The fraction of sp³-hybridized carbons (Fsp3) is 0.529. The quantitative estimate of drug-likeness (QED) is 0.831. The van der Waals surface area contributed by atoms with Crippen molar-refractivity contribution in [2.45, 2.75) is 26.8 Å². The molecule has 0 atom stereocenters. The fourth-order valence-electron chi connectivity index (χ4n) is 2.56. The molecule has 1 saturated heterocycles. The number of benzene rings is 1. The Hall–Kier alpha value is -1.88. The highest BCUT2D eigenvalue weighted by atomic mass is 16.2. The topological polar surface area (TPSA) is 52.7 Å². The first kappa shape index (κ1) is 16.5. The Balaban J connectivity index is 1.64. The smallest absolute Gasteiger partial charge is 0.223 e. The number of nitrogens with zero attached hydrogens (tertiary/aromatic N) is 2. The van der Waals surface area contributed by atoms with E-state index >= 15 is 0 Å². The van der Waals surface area contributed by atoms with Crippen LogP contribution in [0.15, 0.2) is 24.3 Å². The van der Waals surface area contributed by atoms with E-state index < -0.39 is 0 Å². The van der Waals surface area contributed by atoms with Crippen molar-refractivity contribution in [1.82, 2.24) is 15.1 Å². The van der Waals surface area contributed by atoms with Crippen molar-refractivity contribution in [3.05, 3.63) is 35.4 Å². The molecule has 0 spiro atoms. The van der Waals surface area contributed by atoms with Crippen molar-refractivity contribution in [1.29, 1.82) is 0 Å². The summed E-state index contributed by atoms with van der Waals surface area (Å²) >= 11 is 0. The van der Waals surface area contributed by atoms with Crippen LogP contribution in [0.4, 0.5) is 0 Å². The van der Waals surface area contributed by atoms with E-state index in [1.807, 2.05) is 4.90 Å². The van der Waals surface area contributed by atoms with Crippen molar-refractivity contribution in [2.75, 3.05) is 32.7 Å². The van der Waals surface area contributed by atoms with Gasteiger partial charge in [0.25, 0.3) is 0 Å². The lowest BCUT2D eigenvalue weighted by atomic mass is 10.1. The van der Waals surface area contributed by atoms with Crippen LogP contribution in [0.5, 0.6) is 0 Å². The summed E-state index contributed by atoms with van der Waals surface area (Å²) in [7, 11) is 0. The molecule has 5 heteroatoms. The van der Waals surface area contributed by atoms with Crippen molar-refractivity contribution >= 4 is 11.8 Å². The van der Waals surface area contributed by atoms with Crippen LogP contribution in [0.25, 0.3) is 0 Å². The molecule has 2 rings (SSSR count). The molecule has 1 heterocycles. The molecule has 0 radical (unpaired) electrons. The Labute approximate surface area is 132 Å². The van der Waals surface area contributed by atoms with E-state index in [0.717, 1.165) is 6.54 Å². The minimum Gasteiger partial charge on any atom is -0.339 e. The SMILES string of the molecule is CC(=O)N1CCN(C(=O)CCNCc2ccc(C)cc2)CC1. The molecule has 1 aromatic rings. The highest BCUT2D eigenvalue weighted by molar-refractivity contribution is 5.77. The number of piperazine rings is 1. The Morgan fingerprint density at radius 1 is 1.05 bits per heavy atom. The molecule has 0 aromatic heterocycles. The highest BCUT2D eigenvalue weighted by Crippen LogP contribution is 2.05. The van der Waals surface area contributed by atoms with E-state index in [2.05, 4.69) is 36.5 Å². The van der Waals surface area contributed by atoms with E-state index in [9.17, 15) is 9.59 Å². The maximum absolute atomic E-state index is 12.1. The largest absolute Gasteiger partial charge is 0.339 e. The van der Waals surface area contributed by atoms with Crippen molar-refractivity contribution < 1.29 is 9.59 Å². The first-order chi connectivity index (χ1) is 10.6. The molecule has 2 amide bonds. The molecule has 0 bridgehead atoms. The zero-order valence-electron chi connectivity index (χ0n) is 13.5. The average Bonchev–Trinajstić information content (AvgIpc) is 2.53. The van der Waals surface area contributed by atoms with Crippen LogP contribution in [0.3, 0.4) is 0 Å². The molecule has 5 nitrogen and oxygen atoms in total. The van der Waals surface area contributed by atoms with E-state index in [4.69, 9.17) is 0 Å². The molecule has 22 heavy (non-hydrogen) atoms. The van der Waals surface area contributed by atoms with E-state index in [1.54, 1.807) is 11.8 Å². The summed E-state index contributed by atoms with van der Waals surface area (Å²) < 4.78 is 0. The molecule has 1 N–H and O–H groups in total. The van der Waals surface area contributed by atoms with Gasteiger partial charge >= 0.3 is 0 Å². The number of hydrogen-bond acceptors (Lipinski definition) is 3. The molecular formula is C17H25N3O2. The van der Waals surface area contributed by atoms with Gasteiger partial charge in [0.1, 0.15) is 0 Å². The molecule has 1 aliphatic heterocycles. The Bertz CT molecular complexity index is 505. The standard InChI is InChI=1S/C17H25N3O2/c1-14-3-5-16(6-4-14)13-18-8-7-17(22)20-11-9-19(10-12-20)15(2)21/h3-6,18H,7-13H2,1-2H3. The van der Waals surface area contributed by atoms with Crippen LogP contribution in [0, 0.1) is 6.92 Å². The number of aryl methyl sites for hydroxylation is 1. The molecule has 0 unspecified atom stereocenters. The van der Waals surface area contributed by atoms with E-state index in [-0.39, 0.29) is 11.8 Å².